The lowest BCUT2D eigenvalue weighted by Gasteiger charge is -2.39. The SMILES string of the molecule is CC(C)Oc1ccc(C(=N)c2cc(N3CCCC4(CCNC4)C3=O)ccc2N)cn1. The third-order valence-corrected chi connectivity index (χ3v) is 5.98. The molecule has 1 spiro atoms. The monoisotopic (exact) mass is 407 g/mol. The number of nitrogens with two attached hydrogens (primary N) is 1. The fourth-order valence-corrected chi connectivity index (χ4v) is 4.38. The first-order chi connectivity index (χ1) is 14.4. The van der Waals surface area contributed by atoms with Crippen LogP contribution < -0.4 is 20.7 Å². The molecule has 3 heterocycles. The van der Waals surface area contributed by atoms with Gasteiger partial charge in [-0.05, 0) is 63.9 Å². The summed E-state index contributed by atoms with van der Waals surface area (Å²) >= 11 is 0. The third-order valence-electron chi connectivity index (χ3n) is 5.98. The molecule has 7 heteroatoms. The number of anilines is 2. The van der Waals surface area contributed by atoms with Crippen molar-refractivity contribution in [2.24, 2.45) is 5.41 Å². The molecule has 2 aromatic rings. The number of carbonyl (C=O) groups is 1. The number of rotatable bonds is 5. The summed E-state index contributed by atoms with van der Waals surface area (Å²) in [6.45, 7) is 6.21. The molecule has 0 saturated carbocycles. The van der Waals surface area contributed by atoms with Crippen molar-refractivity contribution in [1.82, 2.24) is 10.3 Å². The highest BCUT2D eigenvalue weighted by Gasteiger charge is 2.46. The third kappa shape index (κ3) is 3.77. The van der Waals surface area contributed by atoms with E-state index in [4.69, 9.17) is 15.9 Å². The van der Waals surface area contributed by atoms with Crippen LogP contribution in [0.1, 0.15) is 44.2 Å². The molecule has 2 aliphatic heterocycles. The molecule has 1 unspecified atom stereocenters. The number of hydrogen-bond donors (Lipinski definition) is 3. The van der Waals surface area contributed by atoms with Crippen molar-refractivity contribution in [2.75, 3.05) is 30.3 Å². The van der Waals surface area contributed by atoms with Gasteiger partial charge in [0.1, 0.15) is 0 Å². The quantitative estimate of drug-likeness (QED) is 0.522. The summed E-state index contributed by atoms with van der Waals surface area (Å²) < 4.78 is 5.58. The van der Waals surface area contributed by atoms with E-state index < -0.39 is 0 Å². The zero-order valence-corrected chi connectivity index (χ0v) is 17.6. The zero-order chi connectivity index (χ0) is 21.3. The van der Waals surface area contributed by atoms with Gasteiger partial charge in [0.25, 0.3) is 0 Å². The van der Waals surface area contributed by atoms with Gasteiger partial charge < -0.3 is 20.7 Å². The van der Waals surface area contributed by atoms with Crippen LogP contribution >= 0.6 is 0 Å². The van der Waals surface area contributed by atoms with E-state index in [9.17, 15) is 4.79 Å². The van der Waals surface area contributed by atoms with Crippen LogP contribution in [0.2, 0.25) is 0 Å². The van der Waals surface area contributed by atoms with Crippen molar-refractivity contribution in [3.05, 3.63) is 47.7 Å². The van der Waals surface area contributed by atoms with Crippen LogP contribution in [0, 0.1) is 10.8 Å². The summed E-state index contributed by atoms with van der Waals surface area (Å²) in [5.41, 5.74) is 8.75. The molecule has 0 aliphatic carbocycles. The second-order valence-corrected chi connectivity index (χ2v) is 8.47. The molecule has 0 radical (unpaired) electrons. The van der Waals surface area contributed by atoms with Crippen molar-refractivity contribution in [2.45, 2.75) is 39.2 Å². The normalized spacial score (nSPS) is 21.4. The largest absolute Gasteiger partial charge is 0.475 e. The number of aromatic nitrogens is 1. The lowest BCUT2D eigenvalue weighted by Crippen LogP contribution is -2.50. The summed E-state index contributed by atoms with van der Waals surface area (Å²) in [5.74, 6) is 0.704. The molecular formula is C23H29N5O2. The fourth-order valence-electron chi connectivity index (χ4n) is 4.38. The Balaban J connectivity index is 1.60. The van der Waals surface area contributed by atoms with Crippen molar-refractivity contribution in [3.8, 4) is 5.88 Å². The Morgan fingerprint density at radius 3 is 2.80 bits per heavy atom. The Morgan fingerprint density at radius 1 is 1.30 bits per heavy atom. The average Bonchev–Trinajstić information content (AvgIpc) is 3.20. The maximum atomic E-state index is 13.3. The second kappa shape index (κ2) is 8.07. The lowest BCUT2D eigenvalue weighted by atomic mass is 9.78. The zero-order valence-electron chi connectivity index (χ0n) is 17.6. The number of ether oxygens (including phenoxy) is 1. The van der Waals surface area contributed by atoms with Crippen LogP contribution in [-0.4, -0.2) is 42.3 Å². The van der Waals surface area contributed by atoms with Crippen LogP contribution in [0.5, 0.6) is 5.88 Å². The summed E-state index contributed by atoms with van der Waals surface area (Å²) in [7, 11) is 0. The van der Waals surface area contributed by atoms with Gasteiger partial charge in [-0.15, -0.1) is 0 Å². The number of nitrogens with zero attached hydrogens (tertiary/aromatic N) is 2. The minimum atomic E-state index is -0.288. The number of carbonyl (C=O) groups excluding carboxylic acids is 1. The van der Waals surface area contributed by atoms with Gasteiger partial charge in [-0.3, -0.25) is 10.2 Å². The molecule has 4 N–H and O–H groups in total. The number of benzene rings is 1. The van der Waals surface area contributed by atoms with E-state index >= 15 is 0 Å². The summed E-state index contributed by atoms with van der Waals surface area (Å²) in [5, 5.41) is 12.0. The molecule has 4 rings (SSSR count). The van der Waals surface area contributed by atoms with E-state index in [1.54, 1.807) is 18.3 Å². The van der Waals surface area contributed by atoms with Gasteiger partial charge in [-0.1, -0.05) is 0 Å². The fraction of sp³-hybridized carbons (Fsp3) is 0.435. The van der Waals surface area contributed by atoms with E-state index in [0.717, 1.165) is 38.0 Å². The Morgan fingerprint density at radius 2 is 2.13 bits per heavy atom. The molecule has 7 nitrogen and oxygen atoms in total. The first-order valence-corrected chi connectivity index (χ1v) is 10.5. The number of pyridine rings is 1. The van der Waals surface area contributed by atoms with Crippen molar-refractivity contribution in [3.63, 3.8) is 0 Å². The van der Waals surface area contributed by atoms with Crippen molar-refractivity contribution < 1.29 is 9.53 Å². The topological polar surface area (TPSA) is 104 Å². The van der Waals surface area contributed by atoms with Gasteiger partial charge in [0.15, 0.2) is 0 Å². The number of nitrogens with one attached hydrogen (secondary N) is 2. The van der Waals surface area contributed by atoms with Gasteiger partial charge in [0.05, 0.1) is 17.2 Å². The van der Waals surface area contributed by atoms with E-state index in [0.29, 0.717) is 29.2 Å². The van der Waals surface area contributed by atoms with Crippen LogP contribution in [-0.2, 0) is 4.79 Å². The van der Waals surface area contributed by atoms with E-state index in [2.05, 4.69) is 10.3 Å². The second-order valence-electron chi connectivity index (χ2n) is 8.47. The molecule has 1 atom stereocenters. The van der Waals surface area contributed by atoms with Gasteiger partial charge >= 0.3 is 0 Å². The number of amides is 1. The van der Waals surface area contributed by atoms with Gasteiger partial charge in [0.2, 0.25) is 11.8 Å². The highest BCUT2D eigenvalue weighted by Crippen LogP contribution is 2.39. The predicted octanol–water partition coefficient (Wildman–Crippen LogP) is 2.97. The Kier molecular flexibility index (Phi) is 5.47. The highest BCUT2D eigenvalue weighted by molar-refractivity contribution is 6.14. The smallest absolute Gasteiger partial charge is 0.234 e. The van der Waals surface area contributed by atoms with Crippen LogP contribution in [0.25, 0.3) is 0 Å². The van der Waals surface area contributed by atoms with Crippen molar-refractivity contribution in [1.29, 1.82) is 5.41 Å². The molecule has 158 valence electrons. The van der Waals surface area contributed by atoms with E-state index in [1.807, 2.05) is 36.9 Å². The molecule has 1 amide bonds. The first kappa shape index (κ1) is 20.3. The standard InChI is InChI=1S/C23H29N5O2/c1-15(2)30-20-7-4-16(13-27-20)21(25)18-12-17(5-6-19(18)24)28-11-3-8-23(22(28)29)9-10-26-14-23/h4-7,12-13,15,25-26H,3,8-11,14,24H2,1-2H3. The molecule has 30 heavy (non-hydrogen) atoms. The molecule has 2 aliphatic rings. The van der Waals surface area contributed by atoms with E-state index in [-0.39, 0.29) is 23.1 Å². The summed E-state index contributed by atoms with van der Waals surface area (Å²) in [6.07, 6.45) is 4.46. The average molecular weight is 408 g/mol. The number of nitrogen functional groups attached to an aromatic ring is 1. The highest BCUT2D eigenvalue weighted by atomic mass is 16.5. The molecule has 1 aromatic heterocycles. The van der Waals surface area contributed by atoms with Crippen molar-refractivity contribution >= 4 is 23.0 Å². The van der Waals surface area contributed by atoms with Gasteiger partial charge in [-0.25, -0.2) is 4.98 Å². The molecule has 2 fully saturated rings. The first-order valence-electron chi connectivity index (χ1n) is 10.5. The van der Waals surface area contributed by atoms with Crippen LogP contribution in [0.15, 0.2) is 36.5 Å². The van der Waals surface area contributed by atoms with Crippen LogP contribution in [0.3, 0.4) is 0 Å². The Bertz CT molecular complexity index is 949. The maximum absolute atomic E-state index is 13.3. The van der Waals surface area contributed by atoms with E-state index in [1.165, 1.54) is 0 Å². The van der Waals surface area contributed by atoms with Crippen LogP contribution in [0.4, 0.5) is 11.4 Å². The maximum Gasteiger partial charge on any atom is 0.234 e. The summed E-state index contributed by atoms with van der Waals surface area (Å²) in [6, 6.07) is 9.09. The lowest BCUT2D eigenvalue weighted by molar-refractivity contribution is -0.129. The predicted molar refractivity (Wildman–Crippen MR) is 118 cm³/mol. The molecular weight excluding hydrogens is 378 g/mol. The number of piperidine rings is 1. The number of hydrogen-bond acceptors (Lipinski definition) is 6. The Labute approximate surface area is 177 Å². The van der Waals surface area contributed by atoms with Gasteiger partial charge in [0, 0.05) is 47.9 Å². The minimum Gasteiger partial charge on any atom is -0.475 e. The molecule has 2 saturated heterocycles. The minimum absolute atomic E-state index is 0.0376. The molecule has 1 aromatic carbocycles. The molecule has 0 bridgehead atoms. The Hall–Kier alpha value is -2.93. The summed E-state index contributed by atoms with van der Waals surface area (Å²) in [4.78, 5) is 19.4. The van der Waals surface area contributed by atoms with Gasteiger partial charge in [-0.2, -0.15) is 0 Å².